The smallest absolute Gasteiger partial charge is 0.230 e. The van der Waals surface area contributed by atoms with Gasteiger partial charge in [0.2, 0.25) is 5.91 Å². The molecule has 0 spiro atoms. The van der Waals surface area contributed by atoms with E-state index in [-0.39, 0.29) is 10.7 Å². The van der Waals surface area contributed by atoms with Crippen molar-refractivity contribution >= 4 is 17.7 Å². The van der Waals surface area contributed by atoms with Gasteiger partial charge < -0.3 is 5.32 Å². The second-order valence-electron chi connectivity index (χ2n) is 4.06. The maximum absolute atomic E-state index is 11.3. The molecule has 1 amide bonds. The molecule has 0 aromatic rings. The number of unbranched alkanes of at least 4 members (excludes halogenated alkanes) is 1. The average Bonchev–Trinajstić information content (AvgIpc) is 2.08. The van der Waals surface area contributed by atoms with Crippen molar-refractivity contribution in [2.24, 2.45) is 0 Å². The van der Waals surface area contributed by atoms with E-state index >= 15 is 0 Å². The van der Waals surface area contributed by atoms with E-state index < -0.39 is 0 Å². The summed E-state index contributed by atoms with van der Waals surface area (Å²) in [5.41, 5.74) is 0. The van der Waals surface area contributed by atoms with E-state index in [1.54, 1.807) is 11.8 Å². The molecule has 0 radical (unpaired) electrons. The van der Waals surface area contributed by atoms with Crippen LogP contribution in [0, 0.1) is 12.3 Å². The van der Waals surface area contributed by atoms with Gasteiger partial charge in [0.15, 0.2) is 0 Å². The van der Waals surface area contributed by atoms with Crippen molar-refractivity contribution < 1.29 is 4.79 Å². The molecule has 0 bridgehead atoms. The molecular formula is C11H19NOS. The molecule has 0 saturated heterocycles. The first-order valence-corrected chi connectivity index (χ1v) is 5.78. The Balaban J connectivity index is 3.43. The molecule has 0 atom stereocenters. The fourth-order valence-electron chi connectivity index (χ4n) is 0.751. The lowest BCUT2D eigenvalue weighted by Gasteiger charge is -2.16. The van der Waals surface area contributed by atoms with Crippen LogP contribution in [0.25, 0.3) is 0 Å². The monoisotopic (exact) mass is 213 g/mol. The molecule has 0 rings (SSSR count). The van der Waals surface area contributed by atoms with Gasteiger partial charge in [0, 0.05) is 17.7 Å². The molecule has 80 valence electrons. The van der Waals surface area contributed by atoms with Crippen molar-refractivity contribution in [2.75, 3.05) is 12.3 Å². The molecule has 2 nitrogen and oxygen atoms in total. The highest BCUT2D eigenvalue weighted by Gasteiger charge is 2.12. The van der Waals surface area contributed by atoms with E-state index in [0.29, 0.717) is 12.3 Å². The van der Waals surface area contributed by atoms with Gasteiger partial charge in [0.1, 0.15) is 0 Å². The highest BCUT2D eigenvalue weighted by Crippen LogP contribution is 2.22. The summed E-state index contributed by atoms with van der Waals surface area (Å²) in [5, 5.41) is 2.83. The van der Waals surface area contributed by atoms with Crippen LogP contribution in [0.1, 0.15) is 33.6 Å². The van der Waals surface area contributed by atoms with Crippen LogP contribution >= 0.6 is 11.8 Å². The summed E-state index contributed by atoms with van der Waals surface area (Å²) in [6.07, 6.45) is 6.69. The zero-order valence-corrected chi connectivity index (χ0v) is 10.0. The van der Waals surface area contributed by atoms with Crippen LogP contribution in [0.2, 0.25) is 0 Å². The number of nitrogens with one attached hydrogen (secondary N) is 1. The number of carbonyl (C=O) groups is 1. The Morgan fingerprint density at radius 1 is 1.50 bits per heavy atom. The predicted molar refractivity (Wildman–Crippen MR) is 63.3 cm³/mol. The number of carbonyl (C=O) groups excluding carboxylic acids is 1. The number of terminal acetylenes is 1. The topological polar surface area (TPSA) is 29.1 Å². The lowest BCUT2D eigenvalue weighted by molar-refractivity contribution is -0.118. The van der Waals surface area contributed by atoms with Crippen LogP contribution in [-0.4, -0.2) is 23.0 Å². The van der Waals surface area contributed by atoms with Crippen LogP contribution in [0.4, 0.5) is 0 Å². The SMILES string of the molecule is C#CCCCNC(=O)CSC(C)(C)C. The minimum absolute atomic E-state index is 0.0990. The number of amides is 1. The molecule has 3 heteroatoms. The molecule has 14 heavy (non-hydrogen) atoms. The first-order chi connectivity index (χ1) is 6.45. The molecule has 1 N–H and O–H groups in total. The van der Waals surface area contributed by atoms with Gasteiger partial charge in [0.05, 0.1) is 5.75 Å². The fourth-order valence-corrected chi connectivity index (χ4v) is 1.42. The normalized spacial score (nSPS) is 10.7. The Kier molecular flexibility index (Phi) is 6.48. The third-order valence-electron chi connectivity index (χ3n) is 1.46. The molecule has 0 aromatic heterocycles. The Morgan fingerprint density at radius 3 is 2.64 bits per heavy atom. The molecule has 0 aliphatic heterocycles. The zero-order chi connectivity index (χ0) is 11.0. The van der Waals surface area contributed by atoms with Gasteiger partial charge in [-0.2, -0.15) is 0 Å². The van der Waals surface area contributed by atoms with E-state index in [0.717, 1.165) is 12.8 Å². The van der Waals surface area contributed by atoms with Crippen molar-refractivity contribution in [2.45, 2.75) is 38.4 Å². The summed E-state index contributed by atoms with van der Waals surface area (Å²) < 4.78 is 0.149. The Morgan fingerprint density at radius 2 is 2.14 bits per heavy atom. The Labute approximate surface area is 91.2 Å². The van der Waals surface area contributed by atoms with Crippen LogP contribution < -0.4 is 5.32 Å². The molecule has 0 saturated carbocycles. The van der Waals surface area contributed by atoms with E-state index in [1.165, 1.54) is 0 Å². The molecule has 0 fully saturated rings. The lowest BCUT2D eigenvalue weighted by atomic mass is 10.3. The van der Waals surface area contributed by atoms with Gasteiger partial charge in [-0.25, -0.2) is 0 Å². The minimum Gasteiger partial charge on any atom is -0.355 e. The van der Waals surface area contributed by atoms with Gasteiger partial charge in [-0.15, -0.1) is 24.1 Å². The van der Waals surface area contributed by atoms with Gasteiger partial charge in [-0.3, -0.25) is 4.79 Å². The zero-order valence-electron chi connectivity index (χ0n) is 9.22. The van der Waals surface area contributed by atoms with E-state index in [4.69, 9.17) is 6.42 Å². The first-order valence-electron chi connectivity index (χ1n) is 4.80. The van der Waals surface area contributed by atoms with Gasteiger partial charge in [-0.05, 0) is 6.42 Å². The largest absolute Gasteiger partial charge is 0.355 e. The number of hydrogen-bond acceptors (Lipinski definition) is 2. The average molecular weight is 213 g/mol. The van der Waals surface area contributed by atoms with Crippen LogP contribution in [0.15, 0.2) is 0 Å². The van der Waals surface area contributed by atoms with Crippen LogP contribution in [-0.2, 0) is 4.79 Å². The first kappa shape index (κ1) is 13.4. The molecule has 0 aliphatic carbocycles. The van der Waals surface area contributed by atoms with E-state index in [2.05, 4.69) is 32.0 Å². The Bertz CT molecular complexity index is 212. The summed E-state index contributed by atoms with van der Waals surface area (Å²) >= 11 is 1.65. The molecule has 0 aliphatic rings. The van der Waals surface area contributed by atoms with E-state index in [9.17, 15) is 4.79 Å². The van der Waals surface area contributed by atoms with Gasteiger partial charge >= 0.3 is 0 Å². The highest BCUT2D eigenvalue weighted by molar-refractivity contribution is 8.01. The number of thioether (sulfide) groups is 1. The second kappa shape index (κ2) is 6.78. The number of rotatable bonds is 5. The lowest BCUT2D eigenvalue weighted by Crippen LogP contribution is -2.27. The van der Waals surface area contributed by atoms with Crippen LogP contribution in [0.5, 0.6) is 0 Å². The molecular weight excluding hydrogens is 194 g/mol. The van der Waals surface area contributed by atoms with Gasteiger partial charge in [0.25, 0.3) is 0 Å². The number of hydrogen-bond donors (Lipinski definition) is 1. The highest BCUT2D eigenvalue weighted by atomic mass is 32.2. The summed E-state index contributed by atoms with van der Waals surface area (Å²) in [6, 6.07) is 0. The third kappa shape index (κ3) is 9.47. The second-order valence-corrected chi connectivity index (χ2v) is 5.86. The fraction of sp³-hybridized carbons (Fsp3) is 0.727. The maximum Gasteiger partial charge on any atom is 0.230 e. The van der Waals surface area contributed by atoms with Gasteiger partial charge in [-0.1, -0.05) is 20.8 Å². The quantitative estimate of drug-likeness (QED) is 0.559. The summed E-state index contributed by atoms with van der Waals surface area (Å²) in [7, 11) is 0. The standard InChI is InChI=1S/C11H19NOS/c1-5-6-7-8-12-10(13)9-14-11(2,3)4/h1H,6-9H2,2-4H3,(H,12,13). The molecule has 0 aromatic carbocycles. The summed E-state index contributed by atoms with van der Waals surface area (Å²) in [6.45, 7) is 6.99. The van der Waals surface area contributed by atoms with E-state index in [1.807, 2.05) is 0 Å². The predicted octanol–water partition coefficient (Wildman–Crippen LogP) is 2.05. The van der Waals surface area contributed by atoms with Crippen molar-refractivity contribution in [3.8, 4) is 12.3 Å². The maximum atomic E-state index is 11.3. The van der Waals surface area contributed by atoms with Crippen molar-refractivity contribution in [3.05, 3.63) is 0 Å². The van der Waals surface area contributed by atoms with Crippen molar-refractivity contribution in [1.29, 1.82) is 0 Å². The van der Waals surface area contributed by atoms with Crippen LogP contribution in [0.3, 0.4) is 0 Å². The summed E-state index contributed by atoms with van der Waals surface area (Å²) in [4.78, 5) is 11.3. The molecule has 0 heterocycles. The Hall–Kier alpha value is -0.620. The summed E-state index contributed by atoms with van der Waals surface area (Å²) in [5.74, 6) is 3.17. The third-order valence-corrected chi connectivity index (χ3v) is 2.73. The molecule has 0 unspecified atom stereocenters. The minimum atomic E-state index is 0.0990. The van der Waals surface area contributed by atoms with Crippen molar-refractivity contribution in [1.82, 2.24) is 5.32 Å². The van der Waals surface area contributed by atoms with Crippen molar-refractivity contribution in [3.63, 3.8) is 0 Å².